The van der Waals surface area contributed by atoms with Crippen molar-refractivity contribution in [2.45, 2.75) is 19.9 Å². The Morgan fingerprint density at radius 2 is 1.67 bits per heavy atom. The number of benzene rings is 2. The molecule has 0 bridgehead atoms. The molecule has 6 heteroatoms. The van der Waals surface area contributed by atoms with Gasteiger partial charge in [0.05, 0.1) is 6.54 Å². The van der Waals surface area contributed by atoms with E-state index in [2.05, 4.69) is 5.32 Å². The van der Waals surface area contributed by atoms with Crippen LogP contribution in [0.2, 0.25) is 0 Å². The van der Waals surface area contributed by atoms with Crippen molar-refractivity contribution in [3.05, 3.63) is 81.9 Å². The summed E-state index contributed by atoms with van der Waals surface area (Å²) in [7, 11) is 0. The van der Waals surface area contributed by atoms with Crippen LogP contribution in [0.1, 0.15) is 28.8 Å². The van der Waals surface area contributed by atoms with Crippen LogP contribution >= 0.6 is 0 Å². The summed E-state index contributed by atoms with van der Waals surface area (Å²) in [6, 6.07) is 16.0. The molecule has 0 fully saturated rings. The second kappa shape index (κ2) is 7.78. The Bertz CT molecular complexity index is 1010. The molecular weight excluding hydrogens is 344 g/mol. The molecule has 3 rings (SSSR count). The van der Waals surface area contributed by atoms with Gasteiger partial charge in [-0.2, -0.15) is 0 Å². The van der Waals surface area contributed by atoms with Crippen LogP contribution in [0.5, 0.6) is 5.75 Å². The van der Waals surface area contributed by atoms with Crippen molar-refractivity contribution >= 4 is 11.6 Å². The van der Waals surface area contributed by atoms with Gasteiger partial charge >= 0.3 is 0 Å². The minimum atomic E-state index is -0.455. The fraction of sp³-hybridized carbons (Fsp3) is 0.143. The predicted molar refractivity (Wildman–Crippen MR) is 104 cm³/mol. The average Bonchev–Trinajstić information content (AvgIpc) is 2.69. The summed E-state index contributed by atoms with van der Waals surface area (Å²) >= 11 is 0. The van der Waals surface area contributed by atoms with Crippen molar-refractivity contribution in [2.75, 3.05) is 5.32 Å². The highest BCUT2D eigenvalue weighted by molar-refractivity contribution is 5.93. The molecule has 3 aromatic rings. The van der Waals surface area contributed by atoms with Gasteiger partial charge in [0.1, 0.15) is 5.76 Å². The Morgan fingerprint density at radius 1 is 1.07 bits per heavy atom. The summed E-state index contributed by atoms with van der Waals surface area (Å²) in [4.78, 5) is 22.9. The summed E-state index contributed by atoms with van der Waals surface area (Å²) in [6.07, 6.45) is 0.575. The molecular formula is C21H20N2O4. The lowest BCUT2D eigenvalue weighted by atomic mass is 10.0. The van der Waals surface area contributed by atoms with Crippen LogP contribution in [0.25, 0.3) is 11.1 Å². The predicted octanol–water partition coefficient (Wildman–Crippen LogP) is 3.29. The van der Waals surface area contributed by atoms with E-state index in [1.165, 1.54) is 6.07 Å². The van der Waals surface area contributed by atoms with Crippen LogP contribution in [0.4, 0.5) is 5.69 Å². The second-order valence-electron chi connectivity index (χ2n) is 6.07. The molecule has 0 saturated carbocycles. The van der Waals surface area contributed by atoms with Crippen molar-refractivity contribution in [3.63, 3.8) is 0 Å². The Morgan fingerprint density at radius 3 is 2.22 bits per heavy atom. The van der Waals surface area contributed by atoms with E-state index < -0.39 is 11.3 Å². The fourth-order valence-corrected chi connectivity index (χ4v) is 2.67. The minimum absolute atomic E-state index is 0.196. The topological polar surface area (TPSA) is 106 Å². The largest absolute Gasteiger partial charge is 0.502 e. The quantitative estimate of drug-likeness (QED) is 0.622. The molecule has 1 aromatic heterocycles. The van der Waals surface area contributed by atoms with Crippen molar-refractivity contribution in [1.82, 2.24) is 0 Å². The van der Waals surface area contributed by atoms with E-state index in [1.54, 1.807) is 12.1 Å². The van der Waals surface area contributed by atoms with Crippen molar-refractivity contribution in [1.29, 1.82) is 0 Å². The molecule has 6 nitrogen and oxygen atoms in total. The fourth-order valence-electron chi connectivity index (χ4n) is 2.67. The first-order valence-corrected chi connectivity index (χ1v) is 8.57. The second-order valence-corrected chi connectivity index (χ2v) is 6.07. The van der Waals surface area contributed by atoms with E-state index in [0.29, 0.717) is 17.7 Å². The van der Waals surface area contributed by atoms with Gasteiger partial charge < -0.3 is 20.6 Å². The molecule has 0 atom stereocenters. The van der Waals surface area contributed by atoms with E-state index in [-0.39, 0.29) is 18.1 Å². The first kappa shape index (κ1) is 18.3. The summed E-state index contributed by atoms with van der Waals surface area (Å²) < 4.78 is 5.53. The SMILES string of the molecule is CCc1cc(=O)c(O)c(CNc2ccc(-c3ccc(C(N)=O)cc3)cc2)o1. The summed E-state index contributed by atoms with van der Waals surface area (Å²) in [6.45, 7) is 2.07. The van der Waals surface area contributed by atoms with Crippen molar-refractivity contribution in [2.24, 2.45) is 5.73 Å². The van der Waals surface area contributed by atoms with E-state index >= 15 is 0 Å². The standard InChI is InChI=1S/C21H20N2O4/c1-2-17-11-18(24)20(25)19(27-17)12-23-16-9-7-14(8-10-16)13-3-5-15(6-4-13)21(22)26/h3-11,23,25H,2,12H2,1H3,(H2,22,26). The number of aryl methyl sites for hydroxylation is 1. The first-order chi connectivity index (χ1) is 13.0. The highest BCUT2D eigenvalue weighted by Crippen LogP contribution is 2.23. The highest BCUT2D eigenvalue weighted by atomic mass is 16.4. The van der Waals surface area contributed by atoms with Crippen molar-refractivity contribution < 1.29 is 14.3 Å². The van der Waals surface area contributed by atoms with Gasteiger partial charge in [0.15, 0.2) is 5.76 Å². The van der Waals surface area contributed by atoms with Gasteiger partial charge in [-0.05, 0) is 35.4 Å². The number of anilines is 1. The summed E-state index contributed by atoms with van der Waals surface area (Å²) in [5, 5.41) is 13.0. The molecule has 0 radical (unpaired) electrons. The maximum absolute atomic E-state index is 11.7. The number of hydrogen-bond donors (Lipinski definition) is 3. The molecule has 4 N–H and O–H groups in total. The smallest absolute Gasteiger partial charge is 0.248 e. The maximum atomic E-state index is 11.7. The number of aromatic hydroxyl groups is 1. The van der Waals surface area contributed by atoms with E-state index in [4.69, 9.17) is 10.2 Å². The van der Waals surface area contributed by atoms with Gasteiger partial charge in [0, 0.05) is 23.7 Å². The molecule has 0 aliphatic rings. The van der Waals surface area contributed by atoms with Crippen LogP contribution in [0, 0.1) is 0 Å². The minimum Gasteiger partial charge on any atom is -0.502 e. The number of nitrogens with two attached hydrogens (primary N) is 1. The Hall–Kier alpha value is -3.54. The molecule has 0 unspecified atom stereocenters. The van der Waals surface area contributed by atoms with Crippen LogP contribution in [-0.4, -0.2) is 11.0 Å². The highest BCUT2D eigenvalue weighted by Gasteiger charge is 2.10. The Kier molecular flexibility index (Phi) is 5.26. The van der Waals surface area contributed by atoms with Gasteiger partial charge in [-0.25, -0.2) is 0 Å². The number of amides is 1. The normalized spacial score (nSPS) is 10.6. The molecule has 138 valence electrons. The van der Waals surface area contributed by atoms with Gasteiger partial charge in [-0.1, -0.05) is 31.2 Å². The molecule has 0 saturated heterocycles. The molecule has 1 heterocycles. The maximum Gasteiger partial charge on any atom is 0.248 e. The number of carbonyl (C=O) groups is 1. The molecule has 0 aliphatic carbocycles. The van der Waals surface area contributed by atoms with Gasteiger partial charge in [-0.3, -0.25) is 9.59 Å². The number of rotatable bonds is 6. The van der Waals surface area contributed by atoms with E-state index in [9.17, 15) is 14.7 Å². The number of hydrogen-bond acceptors (Lipinski definition) is 5. The van der Waals surface area contributed by atoms with Crippen LogP contribution < -0.4 is 16.5 Å². The lowest BCUT2D eigenvalue weighted by molar-refractivity contribution is 0.100. The van der Waals surface area contributed by atoms with E-state index in [1.807, 2.05) is 43.3 Å². The third-order valence-corrected chi connectivity index (χ3v) is 4.23. The summed E-state index contributed by atoms with van der Waals surface area (Å²) in [5.74, 6) is -0.0798. The zero-order valence-corrected chi connectivity index (χ0v) is 14.9. The van der Waals surface area contributed by atoms with E-state index in [0.717, 1.165) is 16.8 Å². The Balaban J connectivity index is 1.72. The zero-order chi connectivity index (χ0) is 19.4. The number of nitrogens with one attached hydrogen (secondary N) is 1. The monoisotopic (exact) mass is 364 g/mol. The third-order valence-electron chi connectivity index (χ3n) is 4.23. The Labute approximate surface area is 156 Å². The van der Waals surface area contributed by atoms with Crippen LogP contribution in [-0.2, 0) is 13.0 Å². The molecule has 27 heavy (non-hydrogen) atoms. The number of carbonyl (C=O) groups excluding carboxylic acids is 1. The van der Waals surface area contributed by atoms with Gasteiger partial charge in [0.25, 0.3) is 0 Å². The number of primary amides is 1. The molecule has 0 spiro atoms. The lowest BCUT2D eigenvalue weighted by Gasteiger charge is -2.09. The van der Waals surface area contributed by atoms with Gasteiger partial charge in [-0.15, -0.1) is 0 Å². The van der Waals surface area contributed by atoms with Crippen LogP contribution in [0.3, 0.4) is 0 Å². The molecule has 0 aliphatic heterocycles. The summed E-state index contributed by atoms with van der Waals surface area (Å²) in [5.41, 5.74) is 8.04. The van der Waals surface area contributed by atoms with Crippen molar-refractivity contribution in [3.8, 4) is 16.9 Å². The van der Waals surface area contributed by atoms with Gasteiger partial charge in [0.2, 0.25) is 17.1 Å². The third kappa shape index (κ3) is 4.17. The molecule has 1 amide bonds. The lowest BCUT2D eigenvalue weighted by Crippen LogP contribution is -2.10. The molecule has 2 aromatic carbocycles. The zero-order valence-electron chi connectivity index (χ0n) is 14.9. The van der Waals surface area contributed by atoms with Crippen LogP contribution in [0.15, 0.2) is 63.8 Å². The average molecular weight is 364 g/mol. The first-order valence-electron chi connectivity index (χ1n) is 8.57.